The average Bonchev–Trinajstić information content (AvgIpc) is 3.33. The number of nitrogens with one attached hydrogen (secondary N) is 1. The van der Waals surface area contributed by atoms with Crippen LogP contribution in [0.25, 0.3) is 10.9 Å². The summed E-state index contributed by atoms with van der Waals surface area (Å²) in [6.07, 6.45) is 0.308. The molecule has 0 saturated heterocycles. The van der Waals surface area contributed by atoms with Crippen LogP contribution in [0.15, 0.2) is 35.2 Å². The van der Waals surface area contributed by atoms with Gasteiger partial charge in [0.1, 0.15) is 0 Å². The van der Waals surface area contributed by atoms with E-state index in [1.54, 1.807) is 18.8 Å². The third kappa shape index (κ3) is 3.68. The molecule has 1 aromatic heterocycles. The minimum absolute atomic E-state index is 0.392. The predicted molar refractivity (Wildman–Crippen MR) is 129 cm³/mol. The Kier molecular flexibility index (Phi) is 6.06. The number of aromatic amines is 1. The second kappa shape index (κ2) is 8.78. The van der Waals surface area contributed by atoms with E-state index in [0.29, 0.717) is 22.5 Å². The highest BCUT2D eigenvalue weighted by molar-refractivity contribution is 7.99. The minimum Gasteiger partial charge on any atom is -0.465 e. The number of carbonyl (C=O) groups is 2. The zero-order chi connectivity index (χ0) is 23.0. The van der Waals surface area contributed by atoms with Gasteiger partial charge in [-0.1, -0.05) is 19.1 Å². The van der Waals surface area contributed by atoms with Crippen LogP contribution >= 0.6 is 11.8 Å². The zero-order valence-corrected chi connectivity index (χ0v) is 19.8. The summed E-state index contributed by atoms with van der Waals surface area (Å²) < 4.78 is 10.9. The lowest BCUT2D eigenvalue weighted by molar-refractivity contribution is 0.0602. The molecular weight excluding hydrogens is 426 g/mol. The molecule has 0 fully saturated rings. The van der Waals surface area contributed by atoms with Crippen molar-refractivity contribution in [1.82, 2.24) is 4.98 Å². The van der Waals surface area contributed by atoms with Crippen molar-refractivity contribution in [3.05, 3.63) is 47.2 Å². The predicted octanol–water partition coefficient (Wildman–Crippen LogP) is 5.00. The Labute approximate surface area is 191 Å². The van der Waals surface area contributed by atoms with Gasteiger partial charge in [0, 0.05) is 48.4 Å². The van der Waals surface area contributed by atoms with Crippen LogP contribution in [0.2, 0.25) is 0 Å². The maximum Gasteiger partial charge on any atom is 0.419 e. The van der Waals surface area contributed by atoms with E-state index in [2.05, 4.69) is 16.8 Å². The number of anilines is 2. The van der Waals surface area contributed by atoms with Gasteiger partial charge in [-0.25, -0.2) is 9.59 Å². The van der Waals surface area contributed by atoms with E-state index in [4.69, 9.17) is 9.47 Å². The van der Waals surface area contributed by atoms with Crippen LogP contribution in [0.4, 0.5) is 16.2 Å². The molecular formula is C24H27N3O4S. The van der Waals surface area contributed by atoms with Gasteiger partial charge in [-0.2, -0.15) is 0 Å². The Morgan fingerprint density at radius 1 is 1.28 bits per heavy atom. The van der Waals surface area contributed by atoms with Crippen LogP contribution in [0.1, 0.15) is 28.5 Å². The molecule has 4 rings (SSSR count). The lowest BCUT2D eigenvalue weighted by atomic mass is 10.0. The first kappa shape index (κ1) is 22.1. The number of hydrogen-bond donors (Lipinski definition) is 1. The van der Waals surface area contributed by atoms with Crippen molar-refractivity contribution in [2.75, 3.05) is 43.3 Å². The Morgan fingerprint density at radius 3 is 2.75 bits per heavy atom. The van der Waals surface area contributed by atoms with Gasteiger partial charge in [0.15, 0.2) is 5.75 Å². The van der Waals surface area contributed by atoms with Crippen molar-refractivity contribution in [1.29, 1.82) is 0 Å². The molecule has 2 aromatic carbocycles. The number of methoxy groups -OCH3 is 1. The van der Waals surface area contributed by atoms with Crippen molar-refractivity contribution in [2.24, 2.45) is 0 Å². The number of carbonyl (C=O) groups excluding carboxylic acids is 2. The average molecular weight is 454 g/mol. The molecule has 168 valence electrons. The lowest BCUT2D eigenvalue weighted by Gasteiger charge is -2.21. The van der Waals surface area contributed by atoms with E-state index < -0.39 is 12.1 Å². The smallest absolute Gasteiger partial charge is 0.419 e. The number of aryl methyl sites for hydroxylation is 1. The molecule has 1 N–H and O–H groups in total. The van der Waals surface area contributed by atoms with Crippen molar-refractivity contribution in [3.8, 4) is 5.75 Å². The number of nitrogens with zero attached hydrogens (tertiary/aromatic N) is 2. The summed E-state index contributed by atoms with van der Waals surface area (Å²) in [5.41, 5.74) is 4.61. The molecule has 0 spiro atoms. The number of aromatic nitrogens is 1. The number of fused-ring (bicyclic) bond motifs is 3. The summed E-state index contributed by atoms with van der Waals surface area (Å²) >= 11 is 1.67. The molecule has 7 nitrogen and oxygen atoms in total. The highest BCUT2D eigenvalue weighted by atomic mass is 32.2. The zero-order valence-electron chi connectivity index (χ0n) is 18.9. The summed E-state index contributed by atoms with van der Waals surface area (Å²) in [6, 6.07) is 9.63. The van der Waals surface area contributed by atoms with E-state index in [-0.39, 0.29) is 0 Å². The molecule has 0 atom stereocenters. The molecule has 0 aliphatic carbocycles. The fourth-order valence-electron chi connectivity index (χ4n) is 4.23. The van der Waals surface area contributed by atoms with Crippen LogP contribution < -0.4 is 14.5 Å². The second-order valence-corrected chi connectivity index (χ2v) is 9.04. The normalized spacial score (nSPS) is 12.7. The molecule has 3 aromatic rings. The molecule has 0 unspecified atom stereocenters. The Morgan fingerprint density at radius 2 is 2.03 bits per heavy atom. The fraction of sp³-hybridized carbons (Fsp3) is 0.333. The van der Waals surface area contributed by atoms with Gasteiger partial charge in [-0.3, -0.25) is 4.90 Å². The summed E-state index contributed by atoms with van der Waals surface area (Å²) in [5, 5.41) is 0.767. The van der Waals surface area contributed by atoms with Gasteiger partial charge in [0.05, 0.1) is 23.9 Å². The Hall–Kier alpha value is -3.13. The van der Waals surface area contributed by atoms with E-state index >= 15 is 0 Å². The van der Waals surface area contributed by atoms with E-state index in [0.717, 1.165) is 45.9 Å². The maximum atomic E-state index is 13.2. The number of rotatable bonds is 5. The summed E-state index contributed by atoms with van der Waals surface area (Å²) in [4.78, 5) is 33.6. The Bertz CT molecular complexity index is 1200. The first-order chi connectivity index (χ1) is 15.4. The third-order valence-electron chi connectivity index (χ3n) is 5.81. The molecule has 0 bridgehead atoms. The number of amides is 1. The standard InChI is InChI=1S/C24H27N3O4S/c1-6-32-19-10-8-7-9-16(19)27(4)24(29)31-18-13-17-15(11-12-26(17)3)21-20(23(28)30-5)14(2)25-22(18)21/h7-10,13,25H,6,11-12H2,1-5H3. The summed E-state index contributed by atoms with van der Waals surface area (Å²) in [5.74, 6) is 0.885. The molecule has 1 aliphatic rings. The van der Waals surface area contributed by atoms with Crippen LogP contribution in [0.5, 0.6) is 5.75 Å². The van der Waals surface area contributed by atoms with Crippen LogP contribution in [0.3, 0.4) is 0 Å². The fourth-order valence-corrected chi connectivity index (χ4v) is 5.07. The van der Waals surface area contributed by atoms with Crippen molar-refractivity contribution >= 4 is 46.1 Å². The van der Waals surface area contributed by atoms with Crippen molar-refractivity contribution < 1.29 is 19.1 Å². The van der Waals surface area contributed by atoms with Gasteiger partial charge < -0.3 is 19.4 Å². The second-order valence-electron chi connectivity index (χ2n) is 7.74. The molecule has 0 saturated carbocycles. The van der Waals surface area contributed by atoms with E-state index in [1.807, 2.05) is 44.3 Å². The van der Waals surface area contributed by atoms with Crippen LogP contribution in [-0.2, 0) is 11.2 Å². The third-order valence-corrected chi connectivity index (χ3v) is 6.75. The van der Waals surface area contributed by atoms with Crippen LogP contribution in [-0.4, -0.2) is 50.5 Å². The van der Waals surface area contributed by atoms with E-state index in [1.165, 1.54) is 12.0 Å². The monoisotopic (exact) mass is 453 g/mol. The van der Waals surface area contributed by atoms with Gasteiger partial charge in [-0.15, -0.1) is 11.8 Å². The van der Waals surface area contributed by atoms with Crippen molar-refractivity contribution in [2.45, 2.75) is 25.2 Å². The number of esters is 1. The quantitative estimate of drug-likeness (QED) is 0.433. The largest absolute Gasteiger partial charge is 0.465 e. The number of thioether (sulfide) groups is 1. The van der Waals surface area contributed by atoms with E-state index in [9.17, 15) is 9.59 Å². The number of likely N-dealkylation sites (N-methyl/N-ethyl adjacent to an activating group) is 1. The molecule has 8 heteroatoms. The highest BCUT2D eigenvalue weighted by Gasteiger charge is 2.29. The van der Waals surface area contributed by atoms with Gasteiger partial charge in [-0.05, 0) is 36.8 Å². The summed E-state index contributed by atoms with van der Waals surface area (Å²) in [6.45, 7) is 4.73. The number of hydrogen-bond acceptors (Lipinski definition) is 6. The topological polar surface area (TPSA) is 74.9 Å². The first-order valence-corrected chi connectivity index (χ1v) is 11.5. The lowest BCUT2D eigenvalue weighted by Crippen LogP contribution is -2.30. The molecule has 1 amide bonds. The Balaban J connectivity index is 1.78. The number of benzene rings is 2. The molecule has 0 radical (unpaired) electrons. The summed E-state index contributed by atoms with van der Waals surface area (Å²) in [7, 11) is 5.07. The first-order valence-electron chi connectivity index (χ1n) is 10.5. The van der Waals surface area contributed by atoms with Crippen LogP contribution in [0, 0.1) is 6.92 Å². The van der Waals surface area contributed by atoms with Crippen molar-refractivity contribution in [3.63, 3.8) is 0 Å². The minimum atomic E-state index is -0.497. The highest BCUT2D eigenvalue weighted by Crippen LogP contribution is 2.42. The number of para-hydroxylation sites is 1. The number of H-pyrrole nitrogens is 1. The number of ether oxygens (including phenoxy) is 2. The maximum absolute atomic E-state index is 13.2. The van der Waals surface area contributed by atoms with Gasteiger partial charge >= 0.3 is 12.1 Å². The van der Waals surface area contributed by atoms with Gasteiger partial charge in [0.2, 0.25) is 0 Å². The molecule has 1 aliphatic heterocycles. The SMILES string of the molecule is CCSc1ccccc1N(C)C(=O)Oc1cc2c(c3c(C(=O)OC)c(C)[nH]c13)CCN2C. The molecule has 2 heterocycles. The molecule has 32 heavy (non-hydrogen) atoms. The van der Waals surface area contributed by atoms with Gasteiger partial charge in [0.25, 0.3) is 0 Å².